The van der Waals surface area contributed by atoms with Crippen LogP contribution in [0.25, 0.3) is 0 Å². The minimum Gasteiger partial charge on any atom is -0.340 e. The van der Waals surface area contributed by atoms with Crippen molar-refractivity contribution in [3.05, 3.63) is 70.0 Å². The zero-order valence-electron chi connectivity index (χ0n) is 16.0. The molecule has 0 radical (unpaired) electrons. The first kappa shape index (κ1) is 21.6. The first-order valence-electron chi connectivity index (χ1n) is 8.81. The molecule has 1 fully saturated rings. The van der Waals surface area contributed by atoms with Gasteiger partial charge in [0.25, 0.3) is 5.91 Å². The summed E-state index contributed by atoms with van der Waals surface area (Å²) in [4.78, 5) is 39.4. The van der Waals surface area contributed by atoms with Crippen molar-refractivity contribution in [2.45, 2.75) is 19.0 Å². The SMILES string of the molecule is CN(Cc1c(F)cccc1Cl)C(=O)CN1C(=O)NC(C)(c2cc(F)ccc2F)C1=O. The standard InChI is InChI=1S/C20H17ClF3N3O3/c1-20(13-8-11(22)6-7-16(13)24)18(29)27(19(30)25-20)10-17(28)26(2)9-12-14(21)4-3-5-15(12)23/h3-8H,9-10H2,1-2H3,(H,25,30). The number of likely N-dealkylation sites (N-methyl/N-ethyl adjacent to an activating group) is 1. The third kappa shape index (κ3) is 3.85. The number of carbonyl (C=O) groups is 3. The number of rotatable bonds is 5. The Hall–Kier alpha value is -3.07. The highest BCUT2D eigenvalue weighted by atomic mass is 35.5. The molecule has 0 aromatic heterocycles. The van der Waals surface area contributed by atoms with Crippen LogP contribution in [-0.4, -0.2) is 41.2 Å². The highest BCUT2D eigenvalue weighted by Crippen LogP contribution is 2.31. The second-order valence-corrected chi connectivity index (χ2v) is 7.43. The van der Waals surface area contributed by atoms with Crippen LogP contribution >= 0.6 is 11.6 Å². The summed E-state index contributed by atoms with van der Waals surface area (Å²) in [5.41, 5.74) is -2.15. The van der Waals surface area contributed by atoms with Gasteiger partial charge >= 0.3 is 6.03 Å². The monoisotopic (exact) mass is 439 g/mol. The molecule has 1 aliphatic heterocycles. The summed E-state index contributed by atoms with van der Waals surface area (Å²) in [7, 11) is 1.36. The molecule has 30 heavy (non-hydrogen) atoms. The lowest BCUT2D eigenvalue weighted by atomic mass is 9.91. The number of nitrogens with zero attached hydrogens (tertiary/aromatic N) is 2. The van der Waals surface area contributed by atoms with Crippen LogP contribution in [0.3, 0.4) is 0 Å². The molecule has 1 unspecified atom stereocenters. The highest BCUT2D eigenvalue weighted by Gasteiger charge is 2.51. The average Bonchev–Trinajstić information content (AvgIpc) is 2.90. The molecule has 2 aromatic rings. The lowest BCUT2D eigenvalue weighted by Crippen LogP contribution is -2.44. The summed E-state index contributed by atoms with van der Waals surface area (Å²) in [6.45, 7) is 0.363. The summed E-state index contributed by atoms with van der Waals surface area (Å²) in [5, 5.41) is 2.43. The zero-order chi connectivity index (χ0) is 22.2. The van der Waals surface area contributed by atoms with Crippen molar-refractivity contribution >= 4 is 29.4 Å². The lowest BCUT2D eigenvalue weighted by molar-refractivity contribution is -0.138. The van der Waals surface area contributed by atoms with Crippen molar-refractivity contribution in [2.75, 3.05) is 13.6 Å². The second kappa shape index (κ2) is 7.98. The van der Waals surface area contributed by atoms with E-state index in [2.05, 4.69) is 5.32 Å². The largest absolute Gasteiger partial charge is 0.340 e. The molecule has 0 bridgehead atoms. The number of hydrogen-bond donors (Lipinski definition) is 1. The quantitative estimate of drug-likeness (QED) is 0.727. The van der Waals surface area contributed by atoms with E-state index in [1.807, 2.05) is 0 Å². The molecular formula is C20H17ClF3N3O3. The number of nitrogens with one attached hydrogen (secondary N) is 1. The van der Waals surface area contributed by atoms with Gasteiger partial charge in [0.05, 0.1) is 0 Å². The molecule has 1 aliphatic rings. The average molecular weight is 440 g/mol. The summed E-state index contributed by atoms with van der Waals surface area (Å²) >= 11 is 5.95. The zero-order valence-corrected chi connectivity index (χ0v) is 16.8. The smallest absolute Gasteiger partial charge is 0.325 e. The Kier molecular flexibility index (Phi) is 5.76. The van der Waals surface area contributed by atoms with Crippen LogP contribution in [0.2, 0.25) is 5.02 Å². The maximum atomic E-state index is 14.2. The number of hydrogen-bond acceptors (Lipinski definition) is 3. The maximum absolute atomic E-state index is 14.2. The van der Waals surface area contributed by atoms with Crippen molar-refractivity contribution in [2.24, 2.45) is 0 Å². The number of urea groups is 1. The molecule has 0 aliphatic carbocycles. The number of amides is 4. The van der Waals surface area contributed by atoms with Gasteiger partial charge in [-0.1, -0.05) is 17.7 Å². The van der Waals surface area contributed by atoms with E-state index in [1.54, 1.807) is 0 Å². The van der Waals surface area contributed by atoms with Crippen molar-refractivity contribution in [1.82, 2.24) is 15.1 Å². The molecule has 10 heteroatoms. The first-order chi connectivity index (χ1) is 14.0. The van der Waals surface area contributed by atoms with E-state index in [0.29, 0.717) is 4.90 Å². The van der Waals surface area contributed by atoms with E-state index < -0.39 is 47.4 Å². The van der Waals surface area contributed by atoms with Crippen LogP contribution in [0.1, 0.15) is 18.1 Å². The van der Waals surface area contributed by atoms with Gasteiger partial charge < -0.3 is 10.2 Å². The Morgan fingerprint density at radius 1 is 1.17 bits per heavy atom. The van der Waals surface area contributed by atoms with Crippen LogP contribution in [0.5, 0.6) is 0 Å². The van der Waals surface area contributed by atoms with Crippen molar-refractivity contribution in [1.29, 1.82) is 0 Å². The Labute approximate surface area is 175 Å². The Bertz CT molecular complexity index is 1030. The fourth-order valence-corrected chi connectivity index (χ4v) is 3.39. The normalized spacial score (nSPS) is 18.5. The summed E-state index contributed by atoms with van der Waals surface area (Å²) in [5.74, 6) is -3.87. The van der Waals surface area contributed by atoms with E-state index in [9.17, 15) is 27.6 Å². The molecule has 0 saturated carbocycles. The van der Waals surface area contributed by atoms with Gasteiger partial charge in [-0.2, -0.15) is 0 Å². The molecule has 1 saturated heterocycles. The molecular weight excluding hydrogens is 423 g/mol. The third-order valence-electron chi connectivity index (χ3n) is 4.92. The van der Waals surface area contributed by atoms with Gasteiger partial charge in [0.15, 0.2) is 0 Å². The fraction of sp³-hybridized carbons (Fsp3) is 0.250. The maximum Gasteiger partial charge on any atom is 0.325 e. The van der Waals surface area contributed by atoms with E-state index >= 15 is 0 Å². The third-order valence-corrected chi connectivity index (χ3v) is 5.27. The van der Waals surface area contributed by atoms with Gasteiger partial charge in [-0.15, -0.1) is 0 Å². The van der Waals surface area contributed by atoms with Crippen molar-refractivity contribution in [3.63, 3.8) is 0 Å². The number of halogens is 4. The summed E-state index contributed by atoms with van der Waals surface area (Å²) in [6.07, 6.45) is 0. The van der Waals surface area contributed by atoms with Crippen LogP contribution < -0.4 is 5.32 Å². The summed E-state index contributed by atoms with van der Waals surface area (Å²) in [6, 6.07) is 5.68. The minimum absolute atomic E-state index is 0.0823. The van der Waals surface area contributed by atoms with E-state index in [0.717, 1.165) is 23.1 Å². The number of imide groups is 1. The van der Waals surface area contributed by atoms with Crippen molar-refractivity contribution in [3.8, 4) is 0 Å². The molecule has 3 rings (SSSR count). The van der Waals surface area contributed by atoms with Gasteiger partial charge in [0.1, 0.15) is 29.5 Å². The van der Waals surface area contributed by atoms with E-state index in [1.165, 1.54) is 32.2 Å². The van der Waals surface area contributed by atoms with Crippen LogP contribution in [-0.2, 0) is 21.7 Å². The highest BCUT2D eigenvalue weighted by molar-refractivity contribution is 6.31. The van der Waals surface area contributed by atoms with Gasteiger partial charge in [-0.25, -0.2) is 18.0 Å². The topological polar surface area (TPSA) is 69.7 Å². The second-order valence-electron chi connectivity index (χ2n) is 7.02. The first-order valence-corrected chi connectivity index (χ1v) is 9.19. The minimum atomic E-state index is -1.88. The van der Waals surface area contributed by atoms with Crippen molar-refractivity contribution < 1.29 is 27.6 Å². The number of benzene rings is 2. The van der Waals surface area contributed by atoms with Crippen LogP contribution in [0.4, 0.5) is 18.0 Å². The molecule has 4 amide bonds. The Balaban J connectivity index is 1.78. The fourth-order valence-electron chi connectivity index (χ4n) is 3.17. The molecule has 1 N–H and O–H groups in total. The van der Waals surface area contributed by atoms with Crippen LogP contribution in [0, 0.1) is 17.5 Å². The molecule has 1 atom stereocenters. The van der Waals surface area contributed by atoms with Gasteiger partial charge in [-0.05, 0) is 37.3 Å². The molecule has 0 spiro atoms. The lowest BCUT2D eigenvalue weighted by Gasteiger charge is -2.24. The van der Waals surface area contributed by atoms with E-state index in [-0.39, 0.29) is 22.7 Å². The Morgan fingerprint density at radius 2 is 1.87 bits per heavy atom. The Morgan fingerprint density at radius 3 is 2.53 bits per heavy atom. The number of carbonyl (C=O) groups excluding carboxylic acids is 3. The molecule has 1 heterocycles. The molecule has 158 valence electrons. The van der Waals surface area contributed by atoms with E-state index in [4.69, 9.17) is 11.6 Å². The van der Waals surface area contributed by atoms with Gasteiger partial charge in [0.2, 0.25) is 5.91 Å². The molecule has 6 nitrogen and oxygen atoms in total. The predicted octanol–water partition coefficient (Wildman–Crippen LogP) is 3.18. The predicted molar refractivity (Wildman–Crippen MR) is 102 cm³/mol. The van der Waals surface area contributed by atoms with Gasteiger partial charge in [0, 0.05) is 29.7 Å². The van der Waals surface area contributed by atoms with Gasteiger partial charge in [-0.3, -0.25) is 14.5 Å². The summed E-state index contributed by atoms with van der Waals surface area (Å²) < 4.78 is 41.7. The van der Waals surface area contributed by atoms with Crippen LogP contribution in [0.15, 0.2) is 36.4 Å². The molecule has 2 aromatic carbocycles.